The molecular weight excluding hydrogens is 426 g/mol. The minimum atomic E-state index is -0.800. The molecule has 9 heteroatoms. The van der Waals surface area contributed by atoms with Crippen LogP contribution in [0, 0.1) is 5.92 Å². The number of aromatic nitrogens is 2. The van der Waals surface area contributed by atoms with Gasteiger partial charge in [0.2, 0.25) is 0 Å². The summed E-state index contributed by atoms with van der Waals surface area (Å²) in [6.45, 7) is 1.74. The van der Waals surface area contributed by atoms with Gasteiger partial charge in [0, 0.05) is 34.8 Å². The Labute approximate surface area is 183 Å². The van der Waals surface area contributed by atoms with Gasteiger partial charge in [-0.15, -0.1) is 0 Å². The Hall–Kier alpha value is -2.71. The summed E-state index contributed by atoms with van der Waals surface area (Å²) in [4.78, 5) is 38.5. The lowest BCUT2D eigenvalue weighted by Gasteiger charge is -2.32. The highest BCUT2D eigenvalue weighted by Gasteiger charge is 2.43. The highest BCUT2D eigenvalue weighted by molar-refractivity contribution is 7.99. The molecule has 0 saturated heterocycles. The fourth-order valence-corrected chi connectivity index (χ4v) is 4.39. The summed E-state index contributed by atoms with van der Waals surface area (Å²) in [6, 6.07) is 8.81. The molecule has 2 atom stereocenters. The fraction of sp³-hybridized carbons (Fsp3) is 0.286. The summed E-state index contributed by atoms with van der Waals surface area (Å²) in [5.41, 5.74) is 1.92. The number of halogens is 1. The van der Waals surface area contributed by atoms with E-state index < -0.39 is 23.8 Å². The number of esters is 2. The predicted molar refractivity (Wildman–Crippen MR) is 115 cm³/mol. The molecule has 1 aromatic heterocycles. The average molecular weight is 446 g/mol. The smallest absolute Gasteiger partial charge is 0.336 e. The first-order valence-corrected chi connectivity index (χ1v) is 10.4. The van der Waals surface area contributed by atoms with Gasteiger partial charge in [-0.25, -0.2) is 14.8 Å². The van der Waals surface area contributed by atoms with Crippen LogP contribution in [0.3, 0.4) is 0 Å². The number of hydrogen-bond donors (Lipinski definition) is 0. The van der Waals surface area contributed by atoms with Crippen LogP contribution in [-0.4, -0.2) is 47.6 Å². The van der Waals surface area contributed by atoms with Crippen molar-refractivity contribution in [1.29, 1.82) is 0 Å². The van der Waals surface area contributed by atoms with Crippen molar-refractivity contribution in [3.8, 4) is 0 Å². The van der Waals surface area contributed by atoms with Gasteiger partial charge < -0.3 is 9.47 Å². The normalized spacial score (nSPS) is 18.6. The third-order valence-corrected chi connectivity index (χ3v) is 5.93. The van der Waals surface area contributed by atoms with Gasteiger partial charge in [-0.3, -0.25) is 9.79 Å². The zero-order valence-electron chi connectivity index (χ0n) is 16.7. The zero-order chi connectivity index (χ0) is 21.7. The number of carbonyl (C=O) groups excluding carboxylic acids is 2. The van der Waals surface area contributed by atoms with Crippen LogP contribution in [0.5, 0.6) is 0 Å². The summed E-state index contributed by atoms with van der Waals surface area (Å²) < 4.78 is 10.1. The number of carbonyl (C=O) groups is 2. The number of nitrogens with zero attached hydrogens (tertiary/aromatic N) is 3. The number of aliphatic imine (C=N–C) groups is 1. The molecule has 2 aromatic rings. The Kier molecular flexibility index (Phi) is 7.23. The lowest BCUT2D eigenvalue weighted by atomic mass is 9.75. The van der Waals surface area contributed by atoms with Crippen molar-refractivity contribution in [2.75, 3.05) is 20.0 Å². The summed E-state index contributed by atoms with van der Waals surface area (Å²) in [6.07, 6.45) is 3.28. The van der Waals surface area contributed by atoms with Crippen molar-refractivity contribution in [1.82, 2.24) is 9.97 Å². The molecule has 156 valence electrons. The summed E-state index contributed by atoms with van der Waals surface area (Å²) >= 11 is 7.79. The van der Waals surface area contributed by atoms with E-state index >= 15 is 0 Å². The van der Waals surface area contributed by atoms with Crippen molar-refractivity contribution in [2.24, 2.45) is 10.9 Å². The van der Waals surface area contributed by atoms with Gasteiger partial charge in [-0.1, -0.05) is 41.6 Å². The second-order valence-corrected chi connectivity index (χ2v) is 7.77. The standard InChI is InChI=1S/C21H20ClN3O4S/c1-12-16(19(26)28-2)17(13-7-4-5-8-14(13)22)18(20(27)29-3)15(25-12)11-30-21-23-9-6-10-24-21/h4-10,16-17H,11H2,1-3H3. The van der Waals surface area contributed by atoms with Crippen LogP contribution >= 0.6 is 23.4 Å². The molecule has 2 unspecified atom stereocenters. The molecule has 2 heterocycles. The molecule has 0 amide bonds. The van der Waals surface area contributed by atoms with Crippen molar-refractivity contribution in [3.05, 3.63) is 64.6 Å². The van der Waals surface area contributed by atoms with Crippen LogP contribution in [0.2, 0.25) is 5.02 Å². The molecule has 0 saturated carbocycles. The summed E-state index contributed by atoms with van der Waals surface area (Å²) in [5, 5.41) is 0.984. The van der Waals surface area contributed by atoms with E-state index in [2.05, 4.69) is 15.0 Å². The summed E-state index contributed by atoms with van der Waals surface area (Å²) in [5.74, 6) is -2.25. The SMILES string of the molecule is COC(=O)C1=C(CSc2ncccn2)N=C(C)C(C(=O)OC)C1c1ccccc1Cl. The van der Waals surface area contributed by atoms with E-state index in [0.29, 0.717) is 32.9 Å². The van der Waals surface area contributed by atoms with E-state index in [-0.39, 0.29) is 5.57 Å². The first-order valence-electron chi connectivity index (χ1n) is 9.06. The van der Waals surface area contributed by atoms with E-state index in [1.165, 1.54) is 26.0 Å². The topological polar surface area (TPSA) is 90.7 Å². The zero-order valence-corrected chi connectivity index (χ0v) is 18.2. The predicted octanol–water partition coefficient (Wildman–Crippen LogP) is 3.70. The van der Waals surface area contributed by atoms with Crippen molar-refractivity contribution >= 4 is 41.0 Å². The van der Waals surface area contributed by atoms with Crippen molar-refractivity contribution in [2.45, 2.75) is 18.0 Å². The van der Waals surface area contributed by atoms with E-state index in [1.54, 1.807) is 49.6 Å². The second-order valence-electron chi connectivity index (χ2n) is 6.43. The fourth-order valence-electron chi connectivity index (χ4n) is 3.38. The molecule has 1 aliphatic rings. The number of thioether (sulfide) groups is 1. The molecule has 1 aromatic carbocycles. The highest BCUT2D eigenvalue weighted by Crippen LogP contribution is 2.43. The Balaban J connectivity index is 2.14. The minimum absolute atomic E-state index is 0.273. The molecule has 0 fully saturated rings. The van der Waals surface area contributed by atoms with E-state index in [0.717, 1.165) is 0 Å². The van der Waals surface area contributed by atoms with Gasteiger partial charge in [-0.05, 0) is 24.6 Å². The van der Waals surface area contributed by atoms with Crippen LogP contribution < -0.4 is 0 Å². The molecule has 7 nitrogen and oxygen atoms in total. The Bertz CT molecular complexity index is 1010. The van der Waals surface area contributed by atoms with Crippen LogP contribution in [0.25, 0.3) is 0 Å². The number of rotatable bonds is 6. The van der Waals surface area contributed by atoms with Crippen molar-refractivity contribution < 1.29 is 19.1 Å². The van der Waals surface area contributed by atoms with Crippen LogP contribution in [0.15, 0.2) is 64.1 Å². The van der Waals surface area contributed by atoms with E-state index in [9.17, 15) is 9.59 Å². The molecule has 30 heavy (non-hydrogen) atoms. The Morgan fingerprint density at radius 2 is 1.80 bits per heavy atom. The first kappa shape index (κ1) is 22.0. The van der Waals surface area contributed by atoms with Gasteiger partial charge in [0.1, 0.15) is 5.92 Å². The molecule has 0 N–H and O–H groups in total. The molecular formula is C21H20ClN3O4S. The largest absolute Gasteiger partial charge is 0.468 e. The maximum absolute atomic E-state index is 12.9. The Morgan fingerprint density at radius 3 is 2.43 bits per heavy atom. The van der Waals surface area contributed by atoms with Crippen LogP contribution in [-0.2, 0) is 19.1 Å². The van der Waals surface area contributed by atoms with Gasteiger partial charge in [-0.2, -0.15) is 0 Å². The molecule has 3 rings (SSSR count). The molecule has 0 aliphatic carbocycles. The van der Waals surface area contributed by atoms with Gasteiger partial charge in [0.25, 0.3) is 0 Å². The van der Waals surface area contributed by atoms with Gasteiger partial charge >= 0.3 is 11.9 Å². The van der Waals surface area contributed by atoms with Gasteiger partial charge in [0.05, 0.1) is 25.5 Å². The number of benzene rings is 1. The van der Waals surface area contributed by atoms with Gasteiger partial charge in [0.15, 0.2) is 5.16 Å². The molecule has 0 bridgehead atoms. The third kappa shape index (κ3) is 4.55. The maximum atomic E-state index is 12.9. The summed E-state index contributed by atoms with van der Waals surface area (Å²) in [7, 11) is 2.60. The highest BCUT2D eigenvalue weighted by atomic mass is 35.5. The average Bonchev–Trinajstić information content (AvgIpc) is 2.77. The van der Waals surface area contributed by atoms with E-state index in [1.807, 2.05) is 0 Å². The van der Waals surface area contributed by atoms with E-state index in [4.69, 9.17) is 21.1 Å². The van der Waals surface area contributed by atoms with Crippen LogP contribution in [0.1, 0.15) is 18.4 Å². The number of hydrogen-bond acceptors (Lipinski definition) is 8. The maximum Gasteiger partial charge on any atom is 0.336 e. The minimum Gasteiger partial charge on any atom is -0.468 e. The number of methoxy groups -OCH3 is 2. The first-order chi connectivity index (χ1) is 14.5. The Morgan fingerprint density at radius 1 is 1.10 bits per heavy atom. The van der Waals surface area contributed by atoms with Crippen molar-refractivity contribution in [3.63, 3.8) is 0 Å². The lowest BCUT2D eigenvalue weighted by Crippen LogP contribution is -2.36. The molecule has 1 aliphatic heterocycles. The van der Waals surface area contributed by atoms with Crippen LogP contribution in [0.4, 0.5) is 0 Å². The monoisotopic (exact) mass is 445 g/mol. The quantitative estimate of drug-likeness (QED) is 0.380. The number of ether oxygens (including phenoxy) is 2. The molecule has 0 radical (unpaired) electrons. The second kappa shape index (κ2) is 9.86. The third-order valence-electron chi connectivity index (χ3n) is 4.70. The molecule has 0 spiro atoms. The lowest BCUT2D eigenvalue weighted by molar-refractivity contribution is -0.143.